The van der Waals surface area contributed by atoms with Crippen molar-refractivity contribution in [1.82, 2.24) is 10.2 Å². The van der Waals surface area contributed by atoms with Crippen molar-refractivity contribution >= 4 is 43.0 Å². The highest BCUT2D eigenvalue weighted by molar-refractivity contribution is 7.80. The summed E-state index contributed by atoms with van der Waals surface area (Å²) in [6.45, 7) is 11.4. The van der Waals surface area contributed by atoms with Gasteiger partial charge in [-0.25, -0.2) is 0 Å². The van der Waals surface area contributed by atoms with Crippen molar-refractivity contribution in [3.05, 3.63) is 0 Å². The van der Waals surface area contributed by atoms with Crippen LogP contribution in [0.4, 0.5) is 0 Å². The third-order valence-electron chi connectivity index (χ3n) is 5.11. The zero-order chi connectivity index (χ0) is 20.3. The number of carbonyl (C=O) groups excluding carboxylic acids is 3. The highest BCUT2D eigenvalue weighted by Gasteiger charge is 2.49. The number of likely N-dealkylation sites (tertiary alicyclic amines) is 1. The largest absolute Gasteiger partial charge is 0.352 e. The third kappa shape index (κ3) is 5.41. The lowest BCUT2D eigenvalue weighted by atomic mass is 9.78. The van der Waals surface area contributed by atoms with Gasteiger partial charge < -0.3 is 5.32 Å². The Morgan fingerprint density at radius 2 is 1.81 bits per heavy atom. The topological polar surface area (TPSA) is 66.5 Å². The monoisotopic (exact) mass is 402 g/mol. The van der Waals surface area contributed by atoms with Gasteiger partial charge in [-0.1, -0.05) is 27.7 Å². The molecule has 7 heteroatoms. The first-order valence-electron chi connectivity index (χ1n) is 9.27. The molecule has 1 rings (SSSR count). The van der Waals surface area contributed by atoms with Gasteiger partial charge in [0.15, 0.2) is 0 Å². The number of carbonyl (C=O) groups is 3. The maximum atomic E-state index is 12.8. The van der Waals surface area contributed by atoms with Crippen LogP contribution in [0.25, 0.3) is 0 Å². The molecule has 1 N–H and O–H groups in total. The van der Waals surface area contributed by atoms with E-state index in [9.17, 15) is 14.4 Å². The molecule has 1 aliphatic rings. The van der Waals surface area contributed by atoms with Gasteiger partial charge in [0.05, 0.1) is 0 Å². The molecule has 2 unspecified atom stereocenters. The Labute approximate surface area is 168 Å². The SMILES string of the molecule is CC(C)C1CC(=O)N(C(C)(C)CC(C)(C)C(=O)NC(CS)CCS)C1=O. The Balaban J connectivity index is 2.91. The van der Waals surface area contributed by atoms with Gasteiger partial charge in [-0.05, 0) is 38.4 Å². The fraction of sp³-hybridized carbons (Fsp3) is 0.842. The molecular formula is C19H34N2O3S2. The first kappa shape index (κ1) is 23.3. The fourth-order valence-electron chi connectivity index (χ4n) is 3.80. The third-order valence-corrected chi connectivity index (χ3v) is 5.81. The van der Waals surface area contributed by atoms with Crippen molar-refractivity contribution < 1.29 is 14.4 Å². The van der Waals surface area contributed by atoms with E-state index in [1.54, 1.807) is 0 Å². The second kappa shape index (κ2) is 9.00. The molecular weight excluding hydrogens is 368 g/mol. The van der Waals surface area contributed by atoms with Gasteiger partial charge in [0.25, 0.3) is 0 Å². The molecule has 0 spiro atoms. The van der Waals surface area contributed by atoms with Crippen LogP contribution in [0.15, 0.2) is 0 Å². The van der Waals surface area contributed by atoms with Crippen LogP contribution < -0.4 is 5.32 Å². The summed E-state index contributed by atoms with van der Waals surface area (Å²) < 4.78 is 0. The summed E-state index contributed by atoms with van der Waals surface area (Å²) in [7, 11) is 0. The number of hydrogen-bond donors (Lipinski definition) is 3. The Morgan fingerprint density at radius 3 is 2.23 bits per heavy atom. The Hall–Kier alpha value is -0.690. The second-order valence-corrected chi connectivity index (χ2v) is 9.67. The van der Waals surface area contributed by atoms with Crippen LogP contribution in [0.2, 0.25) is 0 Å². The maximum Gasteiger partial charge on any atom is 0.233 e. The Morgan fingerprint density at radius 1 is 1.23 bits per heavy atom. The van der Waals surface area contributed by atoms with Crippen LogP contribution >= 0.6 is 25.3 Å². The van der Waals surface area contributed by atoms with Crippen LogP contribution in [0.5, 0.6) is 0 Å². The zero-order valence-electron chi connectivity index (χ0n) is 16.8. The Bertz CT molecular complexity index is 547. The average molecular weight is 403 g/mol. The van der Waals surface area contributed by atoms with Crippen LogP contribution in [0.1, 0.15) is 60.8 Å². The average Bonchev–Trinajstić information content (AvgIpc) is 2.81. The molecule has 0 aromatic carbocycles. The molecule has 0 aromatic rings. The molecule has 1 heterocycles. The lowest BCUT2D eigenvalue weighted by molar-refractivity contribution is -0.149. The lowest BCUT2D eigenvalue weighted by Crippen LogP contribution is -2.53. The van der Waals surface area contributed by atoms with E-state index >= 15 is 0 Å². The fourth-order valence-corrected chi connectivity index (χ4v) is 4.38. The van der Waals surface area contributed by atoms with Crippen LogP contribution in [0.3, 0.4) is 0 Å². The van der Waals surface area contributed by atoms with Crippen molar-refractivity contribution in [1.29, 1.82) is 0 Å². The van der Waals surface area contributed by atoms with E-state index in [1.165, 1.54) is 4.90 Å². The zero-order valence-corrected chi connectivity index (χ0v) is 18.6. The van der Waals surface area contributed by atoms with Gasteiger partial charge in [0.1, 0.15) is 0 Å². The van der Waals surface area contributed by atoms with Gasteiger partial charge in [-0.3, -0.25) is 19.3 Å². The number of amides is 3. The second-order valence-electron chi connectivity index (χ2n) is 8.86. The van der Waals surface area contributed by atoms with Gasteiger partial charge in [-0.2, -0.15) is 25.3 Å². The normalized spacial score (nSPS) is 20.0. The van der Waals surface area contributed by atoms with Crippen molar-refractivity contribution in [2.75, 3.05) is 11.5 Å². The van der Waals surface area contributed by atoms with E-state index in [0.29, 0.717) is 17.9 Å². The number of imide groups is 1. The van der Waals surface area contributed by atoms with Crippen molar-refractivity contribution in [3.8, 4) is 0 Å². The molecule has 0 radical (unpaired) electrons. The summed E-state index contributed by atoms with van der Waals surface area (Å²) in [5.74, 6) is 0.734. The molecule has 0 aromatic heterocycles. The summed E-state index contributed by atoms with van der Waals surface area (Å²) in [4.78, 5) is 39.4. The molecule has 5 nitrogen and oxygen atoms in total. The number of hydrogen-bond acceptors (Lipinski definition) is 5. The highest BCUT2D eigenvalue weighted by atomic mass is 32.1. The van der Waals surface area contributed by atoms with Crippen molar-refractivity contribution in [2.45, 2.75) is 72.4 Å². The first-order chi connectivity index (χ1) is 11.9. The minimum atomic E-state index is -0.724. The van der Waals surface area contributed by atoms with E-state index < -0.39 is 11.0 Å². The smallest absolute Gasteiger partial charge is 0.233 e. The molecule has 150 valence electrons. The Kier molecular flexibility index (Phi) is 8.08. The maximum absolute atomic E-state index is 12.8. The first-order valence-corrected chi connectivity index (χ1v) is 10.5. The van der Waals surface area contributed by atoms with Crippen molar-refractivity contribution in [2.24, 2.45) is 17.3 Å². The highest BCUT2D eigenvalue weighted by Crippen LogP contribution is 2.38. The number of nitrogens with zero attached hydrogens (tertiary/aromatic N) is 1. The summed E-state index contributed by atoms with van der Waals surface area (Å²) in [5, 5.41) is 3.02. The lowest BCUT2D eigenvalue weighted by Gasteiger charge is -2.40. The standard InChI is InChI=1S/C19H34N2O3S2/c1-12(2)14-9-15(22)21(16(14)23)19(5,6)11-18(3,4)17(24)20-13(10-26)7-8-25/h12-14,25-26H,7-11H2,1-6H3,(H,20,24). The van der Waals surface area contributed by atoms with Crippen molar-refractivity contribution in [3.63, 3.8) is 0 Å². The predicted octanol–water partition coefficient (Wildman–Crippen LogP) is 2.95. The van der Waals surface area contributed by atoms with Gasteiger partial charge >= 0.3 is 0 Å². The minimum Gasteiger partial charge on any atom is -0.352 e. The van der Waals surface area contributed by atoms with E-state index in [0.717, 1.165) is 6.42 Å². The van der Waals surface area contributed by atoms with Crippen LogP contribution in [0, 0.1) is 17.3 Å². The van der Waals surface area contributed by atoms with Crippen LogP contribution in [-0.2, 0) is 14.4 Å². The van der Waals surface area contributed by atoms with Crippen LogP contribution in [-0.4, -0.2) is 45.7 Å². The van der Waals surface area contributed by atoms with Gasteiger partial charge in [-0.15, -0.1) is 0 Å². The molecule has 1 aliphatic heterocycles. The quantitative estimate of drug-likeness (QED) is 0.410. The van der Waals surface area contributed by atoms with E-state index in [4.69, 9.17) is 0 Å². The number of nitrogens with one attached hydrogen (secondary N) is 1. The molecule has 1 fully saturated rings. The summed E-state index contributed by atoms with van der Waals surface area (Å²) in [6, 6.07) is -0.0360. The summed E-state index contributed by atoms with van der Waals surface area (Å²) in [6.07, 6.45) is 1.40. The van der Waals surface area contributed by atoms with E-state index in [2.05, 4.69) is 30.6 Å². The molecule has 0 aliphatic carbocycles. The molecule has 2 atom stereocenters. The number of rotatable bonds is 9. The van der Waals surface area contributed by atoms with E-state index in [1.807, 2.05) is 41.5 Å². The molecule has 1 saturated heterocycles. The molecule has 0 bridgehead atoms. The van der Waals surface area contributed by atoms with Gasteiger partial charge in [0, 0.05) is 35.1 Å². The predicted molar refractivity (Wildman–Crippen MR) is 112 cm³/mol. The minimum absolute atomic E-state index is 0.0360. The number of thiol groups is 2. The summed E-state index contributed by atoms with van der Waals surface area (Å²) >= 11 is 8.50. The van der Waals surface area contributed by atoms with Gasteiger partial charge in [0.2, 0.25) is 17.7 Å². The molecule has 3 amide bonds. The molecule has 26 heavy (non-hydrogen) atoms. The summed E-state index contributed by atoms with van der Waals surface area (Å²) in [5.41, 5.74) is -1.45. The van der Waals surface area contributed by atoms with E-state index in [-0.39, 0.29) is 42.0 Å². The molecule has 0 saturated carbocycles.